The molecule has 0 bridgehead atoms. The molecule has 0 aliphatic carbocycles. The molecule has 0 saturated carbocycles. The lowest BCUT2D eigenvalue weighted by Crippen LogP contribution is -2.15. The molecule has 0 aliphatic heterocycles. The van der Waals surface area contributed by atoms with Crippen molar-refractivity contribution in [2.75, 3.05) is 33.5 Å². The van der Waals surface area contributed by atoms with Crippen LogP contribution in [0.4, 0.5) is 0 Å². The molecule has 0 aromatic carbocycles. The highest BCUT2D eigenvalue weighted by molar-refractivity contribution is 5.69. The van der Waals surface area contributed by atoms with Gasteiger partial charge in [0.05, 0.1) is 25.7 Å². The van der Waals surface area contributed by atoms with Crippen molar-refractivity contribution in [2.24, 2.45) is 0 Å². The monoisotopic (exact) mass is 278 g/mol. The van der Waals surface area contributed by atoms with Crippen LogP contribution < -0.4 is 0 Å². The molecule has 0 saturated heterocycles. The van der Waals surface area contributed by atoms with Crippen LogP contribution in [-0.2, 0) is 28.5 Å². The Morgan fingerprint density at radius 2 is 1.74 bits per heavy atom. The Labute approximate surface area is 115 Å². The molecule has 19 heavy (non-hydrogen) atoms. The minimum atomic E-state index is -0.265. The molecule has 0 amide bonds. The highest BCUT2D eigenvalue weighted by atomic mass is 16.6. The van der Waals surface area contributed by atoms with E-state index in [4.69, 9.17) is 9.47 Å². The molecule has 0 aromatic rings. The van der Waals surface area contributed by atoms with Gasteiger partial charge in [0.15, 0.2) is 0 Å². The molecule has 114 valence electrons. The van der Waals surface area contributed by atoms with E-state index in [1.165, 1.54) is 6.92 Å². The Morgan fingerprint density at radius 3 is 2.16 bits per heavy atom. The number of methoxy groups -OCH3 is 1. The van der Waals surface area contributed by atoms with Crippen molar-refractivity contribution in [3.63, 3.8) is 0 Å². The van der Waals surface area contributed by atoms with E-state index in [1.807, 2.05) is 13.8 Å². The first-order valence-electron chi connectivity index (χ1n) is 6.37. The van der Waals surface area contributed by atoms with Crippen LogP contribution in [0, 0.1) is 0 Å². The molecular formula is C13H26O6. The maximum atomic E-state index is 10.6. The predicted molar refractivity (Wildman–Crippen MR) is 70.8 cm³/mol. The Balaban J connectivity index is 0. The van der Waals surface area contributed by atoms with Gasteiger partial charge in [0.2, 0.25) is 0 Å². The van der Waals surface area contributed by atoms with Crippen LogP contribution in [0.3, 0.4) is 0 Å². The lowest BCUT2D eigenvalue weighted by Gasteiger charge is -2.07. The average molecular weight is 278 g/mol. The zero-order valence-corrected chi connectivity index (χ0v) is 12.6. The van der Waals surface area contributed by atoms with E-state index in [-0.39, 0.29) is 18.0 Å². The molecule has 1 atom stereocenters. The van der Waals surface area contributed by atoms with Gasteiger partial charge in [-0.15, -0.1) is 0 Å². The Kier molecular flexibility index (Phi) is 15.8. The molecule has 0 N–H and O–H groups in total. The lowest BCUT2D eigenvalue weighted by molar-refractivity contribution is -0.145. The number of hydrogen-bond donors (Lipinski definition) is 0. The lowest BCUT2D eigenvalue weighted by atomic mass is 10.4. The topological polar surface area (TPSA) is 71.1 Å². The van der Waals surface area contributed by atoms with E-state index in [0.717, 1.165) is 0 Å². The van der Waals surface area contributed by atoms with E-state index >= 15 is 0 Å². The average Bonchev–Trinajstić information content (AvgIpc) is 2.37. The Bertz CT molecular complexity index is 229. The quantitative estimate of drug-likeness (QED) is 0.495. The number of carbonyl (C=O) groups is 2. The molecule has 0 spiro atoms. The van der Waals surface area contributed by atoms with Crippen molar-refractivity contribution in [2.45, 2.75) is 40.2 Å². The number of carbonyl (C=O) groups excluding carboxylic acids is 2. The van der Waals surface area contributed by atoms with Crippen LogP contribution in [-0.4, -0.2) is 51.6 Å². The van der Waals surface area contributed by atoms with Gasteiger partial charge in [0.25, 0.3) is 0 Å². The molecule has 0 radical (unpaired) electrons. The van der Waals surface area contributed by atoms with Crippen LogP contribution >= 0.6 is 0 Å². The first-order chi connectivity index (χ1) is 8.97. The first-order valence-corrected chi connectivity index (χ1v) is 6.37. The van der Waals surface area contributed by atoms with Gasteiger partial charge in [-0.05, 0) is 20.8 Å². The third kappa shape index (κ3) is 19.4. The molecule has 0 aliphatic rings. The largest absolute Gasteiger partial charge is 0.466 e. The second kappa shape index (κ2) is 14.9. The molecule has 0 rings (SSSR count). The van der Waals surface area contributed by atoms with Crippen molar-refractivity contribution in [1.29, 1.82) is 0 Å². The van der Waals surface area contributed by atoms with Gasteiger partial charge in [-0.1, -0.05) is 0 Å². The third-order valence-electron chi connectivity index (χ3n) is 1.88. The van der Waals surface area contributed by atoms with Crippen LogP contribution in [0.15, 0.2) is 0 Å². The Hall–Kier alpha value is -1.14. The van der Waals surface area contributed by atoms with Crippen LogP contribution in [0.25, 0.3) is 0 Å². The highest BCUT2D eigenvalue weighted by Crippen LogP contribution is 1.88. The van der Waals surface area contributed by atoms with E-state index < -0.39 is 0 Å². The second-order valence-corrected chi connectivity index (χ2v) is 3.60. The summed E-state index contributed by atoms with van der Waals surface area (Å²) in [6, 6.07) is 0. The van der Waals surface area contributed by atoms with Gasteiger partial charge < -0.3 is 18.9 Å². The third-order valence-corrected chi connectivity index (χ3v) is 1.88. The van der Waals surface area contributed by atoms with Crippen molar-refractivity contribution in [3.05, 3.63) is 0 Å². The summed E-state index contributed by atoms with van der Waals surface area (Å²) in [4.78, 5) is 20.8. The van der Waals surface area contributed by atoms with Crippen molar-refractivity contribution >= 4 is 11.9 Å². The standard InChI is InChI=1S/C7H14O3.C6H12O3/c1-3-9-6-5-7(8)10-4-2;1-5(8-3)4-9-6(2)7/h3-6H2,1-2H3;5H,4H2,1-3H3. The first kappa shape index (κ1) is 20.2. The maximum absolute atomic E-state index is 10.6. The number of hydrogen-bond acceptors (Lipinski definition) is 6. The zero-order valence-electron chi connectivity index (χ0n) is 12.6. The van der Waals surface area contributed by atoms with Gasteiger partial charge in [-0.3, -0.25) is 9.59 Å². The summed E-state index contributed by atoms with van der Waals surface area (Å²) in [6.45, 7) is 8.81. The smallest absolute Gasteiger partial charge is 0.308 e. The Morgan fingerprint density at radius 1 is 1.11 bits per heavy atom. The molecule has 6 heteroatoms. The summed E-state index contributed by atoms with van der Waals surface area (Å²) >= 11 is 0. The fraction of sp³-hybridized carbons (Fsp3) is 0.846. The summed E-state index contributed by atoms with van der Waals surface area (Å²) in [5, 5.41) is 0. The number of esters is 2. The van der Waals surface area contributed by atoms with Gasteiger partial charge in [0, 0.05) is 20.6 Å². The fourth-order valence-electron chi connectivity index (χ4n) is 0.836. The molecule has 0 heterocycles. The van der Waals surface area contributed by atoms with Crippen molar-refractivity contribution in [3.8, 4) is 0 Å². The van der Waals surface area contributed by atoms with Crippen molar-refractivity contribution < 1.29 is 28.5 Å². The van der Waals surface area contributed by atoms with E-state index in [1.54, 1.807) is 14.0 Å². The van der Waals surface area contributed by atoms with Gasteiger partial charge >= 0.3 is 11.9 Å². The second-order valence-electron chi connectivity index (χ2n) is 3.60. The minimum Gasteiger partial charge on any atom is -0.466 e. The fourth-order valence-corrected chi connectivity index (χ4v) is 0.836. The number of ether oxygens (including phenoxy) is 4. The highest BCUT2D eigenvalue weighted by Gasteiger charge is 2.00. The summed E-state index contributed by atoms with van der Waals surface area (Å²) in [7, 11) is 1.58. The summed E-state index contributed by atoms with van der Waals surface area (Å²) in [6.07, 6.45) is 0.357. The molecular weight excluding hydrogens is 252 g/mol. The molecule has 0 aromatic heterocycles. The van der Waals surface area contributed by atoms with Crippen LogP contribution in [0.2, 0.25) is 0 Å². The van der Waals surface area contributed by atoms with Gasteiger partial charge in [0.1, 0.15) is 6.61 Å². The maximum Gasteiger partial charge on any atom is 0.308 e. The number of rotatable bonds is 8. The zero-order chi connectivity index (χ0) is 15.1. The van der Waals surface area contributed by atoms with Crippen LogP contribution in [0.1, 0.15) is 34.1 Å². The molecule has 0 fully saturated rings. The predicted octanol–water partition coefficient (Wildman–Crippen LogP) is 1.56. The molecule has 6 nitrogen and oxygen atoms in total. The minimum absolute atomic E-state index is 0.00565. The summed E-state index contributed by atoms with van der Waals surface area (Å²) in [5.41, 5.74) is 0. The van der Waals surface area contributed by atoms with Crippen LogP contribution in [0.5, 0.6) is 0 Å². The normalized spacial score (nSPS) is 11.0. The van der Waals surface area contributed by atoms with Gasteiger partial charge in [-0.25, -0.2) is 0 Å². The SMILES string of the molecule is CCOCCC(=O)OCC.COC(C)COC(C)=O. The van der Waals surface area contributed by atoms with Crippen molar-refractivity contribution in [1.82, 2.24) is 0 Å². The molecule has 1 unspecified atom stereocenters. The summed E-state index contributed by atoms with van der Waals surface area (Å²) in [5.74, 6) is -0.449. The summed E-state index contributed by atoms with van der Waals surface area (Å²) < 4.78 is 19.1. The van der Waals surface area contributed by atoms with E-state index in [2.05, 4.69) is 9.47 Å². The van der Waals surface area contributed by atoms with E-state index in [0.29, 0.717) is 32.8 Å². The van der Waals surface area contributed by atoms with Gasteiger partial charge in [-0.2, -0.15) is 0 Å². The van der Waals surface area contributed by atoms with E-state index in [9.17, 15) is 9.59 Å².